The van der Waals surface area contributed by atoms with Gasteiger partial charge in [-0.2, -0.15) is 11.8 Å². The Morgan fingerprint density at radius 1 is 1.19 bits per heavy atom. The summed E-state index contributed by atoms with van der Waals surface area (Å²) in [6, 6.07) is 0.534. The van der Waals surface area contributed by atoms with Crippen molar-refractivity contribution in [2.45, 2.75) is 64.5 Å². The molecule has 0 bridgehead atoms. The van der Waals surface area contributed by atoms with E-state index in [1.54, 1.807) is 0 Å². The van der Waals surface area contributed by atoms with Crippen molar-refractivity contribution >= 4 is 41.7 Å². The van der Waals surface area contributed by atoms with Crippen LogP contribution in [0.5, 0.6) is 0 Å². The normalized spacial score (nSPS) is 26.3. The second kappa shape index (κ2) is 12.7. The van der Waals surface area contributed by atoms with E-state index in [9.17, 15) is 5.11 Å². The molecule has 2 aliphatic heterocycles. The van der Waals surface area contributed by atoms with Crippen molar-refractivity contribution in [3.8, 4) is 0 Å². The predicted molar refractivity (Wildman–Crippen MR) is 125 cm³/mol. The van der Waals surface area contributed by atoms with Crippen LogP contribution in [0.15, 0.2) is 4.99 Å². The summed E-state index contributed by atoms with van der Waals surface area (Å²) in [6.45, 7) is 11.4. The molecule has 3 N–H and O–H groups in total. The van der Waals surface area contributed by atoms with Gasteiger partial charge in [-0.15, -0.1) is 24.0 Å². The van der Waals surface area contributed by atoms with Gasteiger partial charge in [-0.1, -0.05) is 26.7 Å². The highest BCUT2D eigenvalue weighted by molar-refractivity contribution is 14.0. The maximum absolute atomic E-state index is 10.5. The summed E-state index contributed by atoms with van der Waals surface area (Å²) in [4.78, 5) is 7.34. The number of rotatable bonds is 7. The fourth-order valence-corrected chi connectivity index (χ4v) is 4.99. The van der Waals surface area contributed by atoms with Crippen LogP contribution in [0, 0.1) is 5.92 Å². The summed E-state index contributed by atoms with van der Waals surface area (Å²) in [5.74, 6) is 3.30. The molecular weight excluding hydrogens is 459 g/mol. The SMILES string of the molecule is CCNC(=NCC1(O)CCSC1)NCC(C(C)C)N1CCCCCC1.I. The second-order valence-electron chi connectivity index (χ2n) is 7.86. The maximum atomic E-state index is 10.5. The average Bonchev–Trinajstić information content (AvgIpc) is 2.84. The largest absolute Gasteiger partial charge is 0.387 e. The van der Waals surface area contributed by atoms with E-state index in [-0.39, 0.29) is 24.0 Å². The molecular formula is C19H39IN4OS. The molecule has 7 heteroatoms. The Kier molecular flexibility index (Phi) is 11.8. The molecule has 2 aliphatic rings. The minimum absolute atomic E-state index is 0. The van der Waals surface area contributed by atoms with Gasteiger partial charge < -0.3 is 15.7 Å². The highest BCUT2D eigenvalue weighted by atomic mass is 127. The number of hydrogen-bond donors (Lipinski definition) is 3. The van der Waals surface area contributed by atoms with E-state index in [4.69, 9.17) is 0 Å². The van der Waals surface area contributed by atoms with Crippen LogP contribution < -0.4 is 10.6 Å². The summed E-state index contributed by atoms with van der Waals surface area (Å²) in [7, 11) is 0. The van der Waals surface area contributed by atoms with Crippen molar-refractivity contribution in [3.63, 3.8) is 0 Å². The third-order valence-electron chi connectivity index (χ3n) is 5.32. The number of hydrogen-bond acceptors (Lipinski definition) is 4. The molecule has 2 heterocycles. The van der Waals surface area contributed by atoms with E-state index in [1.807, 2.05) is 11.8 Å². The molecule has 0 aliphatic carbocycles. The molecule has 5 nitrogen and oxygen atoms in total. The van der Waals surface area contributed by atoms with Crippen LogP contribution in [0.25, 0.3) is 0 Å². The third kappa shape index (κ3) is 8.10. The number of halogens is 1. The molecule has 0 aromatic heterocycles. The van der Waals surface area contributed by atoms with E-state index in [0.717, 1.165) is 37.0 Å². The Bertz CT molecular complexity index is 408. The number of aliphatic hydroxyl groups is 1. The van der Waals surface area contributed by atoms with Crippen LogP contribution in [0.2, 0.25) is 0 Å². The number of guanidine groups is 1. The molecule has 2 unspecified atom stereocenters. The van der Waals surface area contributed by atoms with Crippen molar-refractivity contribution in [1.29, 1.82) is 0 Å². The first-order chi connectivity index (χ1) is 12.0. The lowest BCUT2D eigenvalue weighted by Crippen LogP contribution is -2.50. The van der Waals surface area contributed by atoms with Crippen LogP contribution in [-0.4, -0.2) is 71.8 Å². The zero-order valence-electron chi connectivity index (χ0n) is 16.8. The molecule has 2 saturated heterocycles. The second-order valence-corrected chi connectivity index (χ2v) is 8.97. The van der Waals surface area contributed by atoms with Gasteiger partial charge in [-0.25, -0.2) is 0 Å². The molecule has 2 fully saturated rings. The number of nitrogens with zero attached hydrogens (tertiary/aromatic N) is 2. The van der Waals surface area contributed by atoms with E-state index >= 15 is 0 Å². The van der Waals surface area contributed by atoms with Crippen LogP contribution in [0.4, 0.5) is 0 Å². The summed E-state index contributed by atoms with van der Waals surface area (Å²) < 4.78 is 0. The van der Waals surface area contributed by atoms with Crippen LogP contribution in [-0.2, 0) is 0 Å². The van der Waals surface area contributed by atoms with E-state index in [2.05, 4.69) is 41.3 Å². The monoisotopic (exact) mass is 498 g/mol. The van der Waals surface area contributed by atoms with Crippen LogP contribution in [0.3, 0.4) is 0 Å². The summed E-state index contributed by atoms with van der Waals surface area (Å²) in [6.07, 6.45) is 6.23. The number of thioether (sulfide) groups is 1. The Hall–Kier alpha value is 0.270. The lowest BCUT2D eigenvalue weighted by Gasteiger charge is -2.34. The quantitative estimate of drug-likeness (QED) is 0.286. The van der Waals surface area contributed by atoms with Gasteiger partial charge in [0.05, 0.1) is 12.1 Å². The Morgan fingerprint density at radius 2 is 1.88 bits per heavy atom. The van der Waals surface area contributed by atoms with E-state index in [1.165, 1.54) is 38.8 Å². The predicted octanol–water partition coefficient (Wildman–Crippen LogP) is 2.93. The van der Waals surface area contributed by atoms with E-state index < -0.39 is 5.60 Å². The van der Waals surface area contributed by atoms with Crippen molar-refractivity contribution in [2.24, 2.45) is 10.9 Å². The van der Waals surface area contributed by atoms with Gasteiger partial charge in [0.2, 0.25) is 0 Å². The Balaban J connectivity index is 0.00000338. The Morgan fingerprint density at radius 3 is 2.42 bits per heavy atom. The van der Waals surface area contributed by atoms with Crippen LogP contribution >= 0.6 is 35.7 Å². The first-order valence-electron chi connectivity index (χ1n) is 10.1. The molecule has 26 heavy (non-hydrogen) atoms. The van der Waals surface area contributed by atoms with E-state index in [0.29, 0.717) is 18.5 Å². The van der Waals surface area contributed by atoms with Gasteiger partial charge in [-0.3, -0.25) is 9.89 Å². The molecule has 2 rings (SSSR count). The van der Waals surface area contributed by atoms with Crippen molar-refractivity contribution in [3.05, 3.63) is 0 Å². The van der Waals surface area contributed by atoms with Crippen molar-refractivity contribution < 1.29 is 5.11 Å². The van der Waals surface area contributed by atoms with Gasteiger partial charge in [0.25, 0.3) is 0 Å². The molecule has 0 saturated carbocycles. The molecule has 154 valence electrons. The third-order valence-corrected chi connectivity index (χ3v) is 6.55. The summed E-state index contributed by atoms with van der Waals surface area (Å²) >= 11 is 1.82. The number of nitrogens with one attached hydrogen (secondary N) is 2. The zero-order chi connectivity index (χ0) is 18.1. The maximum Gasteiger partial charge on any atom is 0.191 e. The summed E-state index contributed by atoms with van der Waals surface area (Å²) in [5.41, 5.74) is -0.616. The first kappa shape index (κ1) is 24.3. The van der Waals surface area contributed by atoms with Gasteiger partial charge in [0.1, 0.15) is 0 Å². The fourth-order valence-electron chi connectivity index (χ4n) is 3.70. The molecule has 0 aromatic carbocycles. The smallest absolute Gasteiger partial charge is 0.191 e. The average molecular weight is 499 g/mol. The lowest BCUT2D eigenvalue weighted by atomic mass is 10.0. The minimum atomic E-state index is -0.616. The fraction of sp³-hybridized carbons (Fsp3) is 0.947. The zero-order valence-corrected chi connectivity index (χ0v) is 19.9. The number of likely N-dealkylation sites (tertiary alicyclic amines) is 1. The highest BCUT2D eigenvalue weighted by Crippen LogP contribution is 2.27. The molecule has 0 aromatic rings. The lowest BCUT2D eigenvalue weighted by molar-refractivity contribution is 0.0778. The topological polar surface area (TPSA) is 59.9 Å². The molecule has 0 spiro atoms. The first-order valence-corrected chi connectivity index (χ1v) is 11.3. The Labute approximate surface area is 181 Å². The summed E-state index contributed by atoms with van der Waals surface area (Å²) in [5, 5.41) is 17.4. The van der Waals surface area contributed by atoms with Crippen LogP contribution in [0.1, 0.15) is 52.9 Å². The van der Waals surface area contributed by atoms with Gasteiger partial charge >= 0.3 is 0 Å². The van der Waals surface area contributed by atoms with Crippen molar-refractivity contribution in [2.75, 3.05) is 44.2 Å². The van der Waals surface area contributed by atoms with Gasteiger partial charge in [-0.05, 0) is 50.9 Å². The standard InChI is InChI=1S/C19H38N4OS.HI/c1-4-20-18(22-14-19(24)9-12-25-15-19)21-13-17(16(2)3)23-10-7-5-6-8-11-23;/h16-17,24H,4-15H2,1-3H3,(H2,20,21,22);1H. The van der Waals surface area contributed by atoms with Gasteiger partial charge in [0, 0.05) is 24.9 Å². The van der Waals surface area contributed by atoms with Crippen molar-refractivity contribution in [1.82, 2.24) is 15.5 Å². The van der Waals surface area contributed by atoms with Gasteiger partial charge in [0.15, 0.2) is 5.96 Å². The molecule has 0 amide bonds. The molecule has 0 radical (unpaired) electrons. The highest BCUT2D eigenvalue weighted by Gasteiger charge is 2.31. The number of aliphatic imine (C=N–C) groups is 1. The minimum Gasteiger partial charge on any atom is -0.387 e. The molecule has 2 atom stereocenters.